The molecule has 0 atom stereocenters. The van der Waals surface area contributed by atoms with Gasteiger partial charge in [-0.2, -0.15) is 0 Å². The minimum Gasteiger partial charge on any atom is -0.381 e. The topological polar surface area (TPSA) is 61.6 Å². The van der Waals surface area contributed by atoms with Crippen LogP contribution in [0.1, 0.15) is 25.6 Å². The maximum absolute atomic E-state index is 5.74. The monoisotopic (exact) mass is 410 g/mol. The fourth-order valence-electron chi connectivity index (χ4n) is 4.56. The van der Waals surface area contributed by atoms with Crippen LogP contribution in [-0.2, 0) is 27.4 Å². The molecule has 0 spiro atoms. The minimum absolute atomic E-state index is 0.530. The third-order valence-electron chi connectivity index (χ3n) is 6.23. The quantitative estimate of drug-likeness (QED) is 0.621. The van der Waals surface area contributed by atoms with Crippen LogP contribution in [0.4, 0.5) is 5.69 Å². The average Bonchev–Trinajstić information content (AvgIpc) is 3.16. The average molecular weight is 411 g/mol. The number of hydrogen-bond donors (Lipinski definition) is 0. The maximum atomic E-state index is 5.74. The summed E-state index contributed by atoms with van der Waals surface area (Å²) in [6.45, 7) is 9.30. The molecule has 2 fully saturated rings. The van der Waals surface area contributed by atoms with Gasteiger partial charge in [0.1, 0.15) is 17.9 Å². The van der Waals surface area contributed by atoms with Gasteiger partial charge in [-0.05, 0) is 43.9 Å². The first kappa shape index (κ1) is 19.7. The molecule has 7 nitrogen and oxygen atoms in total. The third kappa shape index (κ3) is 3.89. The fraction of sp³-hybridized carbons (Fsp3) is 0.565. The summed E-state index contributed by atoms with van der Waals surface area (Å²) >= 11 is 0. The van der Waals surface area contributed by atoms with Crippen LogP contribution in [0.3, 0.4) is 0 Å². The van der Waals surface area contributed by atoms with Crippen molar-refractivity contribution in [2.24, 2.45) is 5.92 Å². The molecule has 2 aromatic heterocycles. The highest BCUT2D eigenvalue weighted by Gasteiger charge is 2.21. The molecule has 0 amide bonds. The molecule has 30 heavy (non-hydrogen) atoms. The molecule has 0 aliphatic carbocycles. The van der Waals surface area contributed by atoms with Crippen molar-refractivity contribution in [2.45, 2.75) is 32.9 Å². The zero-order chi connectivity index (χ0) is 20.3. The SMILES string of the molecule is CCOCc1nc2cnc3cc(N4CCOCC4)ccc3c2n1CC1CCOCC1. The lowest BCUT2D eigenvalue weighted by Gasteiger charge is -2.29. The van der Waals surface area contributed by atoms with Crippen LogP contribution in [0.5, 0.6) is 0 Å². The van der Waals surface area contributed by atoms with Crippen molar-refractivity contribution in [3.05, 3.63) is 30.2 Å². The predicted molar refractivity (Wildman–Crippen MR) is 117 cm³/mol. The Bertz CT molecular complexity index is 1010. The molecule has 2 aliphatic heterocycles. The molecule has 1 aromatic carbocycles. The second-order valence-corrected chi connectivity index (χ2v) is 8.12. The molecule has 5 rings (SSSR count). The highest BCUT2D eigenvalue weighted by atomic mass is 16.5. The molecule has 3 aromatic rings. The number of imidazole rings is 1. The summed E-state index contributed by atoms with van der Waals surface area (Å²) in [7, 11) is 0. The summed E-state index contributed by atoms with van der Waals surface area (Å²) < 4.78 is 19.2. The van der Waals surface area contributed by atoms with Crippen LogP contribution in [-0.4, -0.2) is 60.7 Å². The number of ether oxygens (including phenoxy) is 3. The smallest absolute Gasteiger partial charge is 0.136 e. The standard InChI is InChI=1S/C23H30N4O3/c1-2-28-16-22-25-21-14-24-20-13-18(26-7-11-30-12-8-26)3-4-19(20)23(21)27(22)15-17-5-9-29-10-6-17/h3-4,13-14,17H,2,5-12,15-16H2,1H3. The van der Waals surface area contributed by atoms with Gasteiger partial charge in [0.25, 0.3) is 0 Å². The van der Waals surface area contributed by atoms with E-state index in [1.807, 2.05) is 13.1 Å². The number of hydrogen-bond acceptors (Lipinski definition) is 6. The predicted octanol–water partition coefficient (Wildman–Crippen LogP) is 3.38. The summed E-state index contributed by atoms with van der Waals surface area (Å²) in [6, 6.07) is 6.62. The maximum Gasteiger partial charge on any atom is 0.136 e. The Kier molecular flexibility index (Phi) is 5.84. The van der Waals surface area contributed by atoms with Crippen molar-refractivity contribution >= 4 is 27.6 Å². The third-order valence-corrected chi connectivity index (χ3v) is 6.23. The van der Waals surface area contributed by atoms with Gasteiger partial charge in [0.2, 0.25) is 0 Å². The largest absolute Gasteiger partial charge is 0.381 e. The summed E-state index contributed by atoms with van der Waals surface area (Å²) in [6.07, 6.45) is 4.10. The molecule has 0 radical (unpaired) electrons. The summed E-state index contributed by atoms with van der Waals surface area (Å²) in [4.78, 5) is 12.0. The van der Waals surface area contributed by atoms with E-state index < -0.39 is 0 Å². The molecule has 7 heteroatoms. The second kappa shape index (κ2) is 8.88. The fourth-order valence-corrected chi connectivity index (χ4v) is 4.56. The first-order valence-electron chi connectivity index (χ1n) is 11.1. The molecule has 0 bridgehead atoms. The van der Waals surface area contributed by atoms with Gasteiger partial charge in [0.15, 0.2) is 0 Å². The normalized spacial score (nSPS) is 18.5. The van der Waals surface area contributed by atoms with E-state index in [1.54, 1.807) is 0 Å². The Hall–Kier alpha value is -2.22. The van der Waals surface area contributed by atoms with Gasteiger partial charge in [-0.25, -0.2) is 4.98 Å². The van der Waals surface area contributed by atoms with E-state index in [2.05, 4.69) is 27.7 Å². The van der Waals surface area contributed by atoms with Gasteiger partial charge in [-0.3, -0.25) is 4.98 Å². The van der Waals surface area contributed by atoms with Crippen LogP contribution in [0, 0.1) is 5.92 Å². The molecular formula is C23H30N4O3. The number of pyridine rings is 1. The second-order valence-electron chi connectivity index (χ2n) is 8.12. The van der Waals surface area contributed by atoms with Crippen LogP contribution in [0.25, 0.3) is 21.9 Å². The summed E-state index contributed by atoms with van der Waals surface area (Å²) in [5, 5.41) is 1.16. The number of anilines is 1. The van der Waals surface area contributed by atoms with Crippen molar-refractivity contribution in [3.63, 3.8) is 0 Å². The highest BCUT2D eigenvalue weighted by Crippen LogP contribution is 2.30. The van der Waals surface area contributed by atoms with E-state index in [4.69, 9.17) is 24.2 Å². The van der Waals surface area contributed by atoms with Gasteiger partial charge < -0.3 is 23.7 Å². The summed E-state index contributed by atoms with van der Waals surface area (Å²) in [5.74, 6) is 1.59. The molecular weight excluding hydrogens is 380 g/mol. The van der Waals surface area contributed by atoms with Crippen LogP contribution in [0.15, 0.2) is 24.4 Å². The molecule has 0 N–H and O–H groups in total. The molecule has 2 aliphatic rings. The molecule has 0 unspecified atom stereocenters. The first-order valence-corrected chi connectivity index (χ1v) is 11.1. The van der Waals surface area contributed by atoms with Crippen molar-refractivity contribution in [2.75, 3.05) is 51.0 Å². The van der Waals surface area contributed by atoms with E-state index in [0.717, 1.165) is 81.1 Å². The van der Waals surface area contributed by atoms with Gasteiger partial charge in [0, 0.05) is 50.5 Å². The zero-order valence-electron chi connectivity index (χ0n) is 17.7. The van der Waals surface area contributed by atoms with Crippen LogP contribution in [0.2, 0.25) is 0 Å². The molecule has 0 saturated carbocycles. The zero-order valence-corrected chi connectivity index (χ0v) is 17.7. The minimum atomic E-state index is 0.530. The Morgan fingerprint density at radius 2 is 1.87 bits per heavy atom. The van der Waals surface area contributed by atoms with Crippen LogP contribution < -0.4 is 4.90 Å². The first-order chi connectivity index (χ1) is 14.8. The summed E-state index contributed by atoms with van der Waals surface area (Å²) in [5.41, 5.74) is 4.35. The van der Waals surface area contributed by atoms with Gasteiger partial charge in [0.05, 0.1) is 30.4 Å². The van der Waals surface area contributed by atoms with Gasteiger partial charge in [-0.15, -0.1) is 0 Å². The lowest BCUT2D eigenvalue weighted by Crippen LogP contribution is -2.36. The molecule has 4 heterocycles. The van der Waals surface area contributed by atoms with E-state index in [9.17, 15) is 0 Å². The Labute approximate surface area is 176 Å². The Balaban J connectivity index is 1.57. The van der Waals surface area contributed by atoms with Crippen molar-refractivity contribution < 1.29 is 14.2 Å². The van der Waals surface area contributed by atoms with Crippen LogP contribution >= 0.6 is 0 Å². The number of fused-ring (bicyclic) bond motifs is 3. The Morgan fingerprint density at radius 3 is 2.67 bits per heavy atom. The number of benzene rings is 1. The van der Waals surface area contributed by atoms with Crippen molar-refractivity contribution in [1.82, 2.24) is 14.5 Å². The number of aromatic nitrogens is 3. The Morgan fingerprint density at radius 1 is 1.07 bits per heavy atom. The lowest BCUT2D eigenvalue weighted by atomic mass is 10.00. The van der Waals surface area contributed by atoms with E-state index in [-0.39, 0.29) is 0 Å². The van der Waals surface area contributed by atoms with E-state index in [1.165, 1.54) is 11.2 Å². The van der Waals surface area contributed by atoms with E-state index in [0.29, 0.717) is 19.1 Å². The number of rotatable bonds is 6. The van der Waals surface area contributed by atoms with Gasteiger partial charge >= 0.3 is 0 Å². The lowest BCUT2D eigenvalue weighted by molar-refractivity contribution is 0.0603. The number of nitrogens with zero attached hydrogens (tertiary/aromatic N) is 4. The van der Waals surface area contributed by atoms with Gasteiger partial charge in [-0.1, -0.05) is 0 Å². The molecule has 2 saturated heterocycles. The molecule has 160 valence electrons. The van der Waals surface area contributed by atoms with Crippen molar-refractivity contribution in [3.8, 4) is 0 Å². The highest BCUT2D eigenvalue weighted by molar-refractivity contribution is 6.03. The number of morpholine rings is 1. The van der Waals surface area contributed by atoms with E-state index >= 15 is 0 Å². The van der Waals surface area contributed by atoms with Crippen molar-refractivity contribution in [1.29, 1.82) is 0 Å².